The second-order valence-corrected chi connectivity index (χ2v) is 5.27. The zero-order valence-electron chi connectivity index (χ0n) is 12.0. The number of aromatic nitrogens is 3. The minimum atomic E-state index is -0.110. The second-order valence-electron chi connectivity index (χ2n) is 5.27. The van der Waals surface area contributed by atoms with Crippen molar-refractivity contribution in [3.8, 4) is 0 Å². The highest BCUT2D eigenvalue weighted by molar-refractivity contribution is 14.0. The Balaban J connectivity index is 0.00000324. The normalized spacial score (nSPS) is 11.9. The van der Waals surface area contributed by atoms with E-state index in [9.17, 15) is 0 Å². The average molecular weight is 378 g/mol. The number of guanidine groups is 1. The highest BCUT2D eigenvalue weighted by atomic mass is 127. The van der Waals surface area contributed by atoms with Gasteiger partial charge < -0.3 is 11.1 Å². The van der Waals surface area contributed by atoms with Crippen molar-refractivity contribution in [3.63, 3.8) is 0 Å². The van der Waals surface area contributed by atoms with Crippen molar-refractivity contribution < 1.29 is 0 Å². The summed E-state index contributed by atoms with van der Waals surface area (Å²) in [5, 5.41) is 7.17. The van der Waals surface area contributed by atoms with Gasteiger partial charge in [0.1, 0.15) is 18.7 Å². The molecule has 0 radical (unpaired) electrons. The van der Waals surface area contributed by atoms with Crippen LogP contribution in [0.25, 0.3) is 0 Å². The Morgan fingerprint density at radius 3 is 2.68 bits per heavy atom. The zero-order valence-corrected chi connectivity index (χ0v) is 14.3. The van der Waals surface area contributed by atoms with Crippen LogP contribution in [-0.2, 0) is 12.1 Å². The average Bonchev–Trinajstić information content (AvgIpc) is 2.71. The summed E-state index contributed by atoms with van der Waals surface area (Å²) >= 11 is 0. The molecule has 0 spiro atoms. The number of rotatable bonds is 4. The van der Waals surface area contributed by atoms with Gasteiger partial charge in [0.25, 0.3) is 0 Å². The fourth-order valence-electron chi connectivity index (χ4n) is 1.39. The third kappa shape index (κ3) is 6.04. The maximum Gasteiger partial charge on any atom is 0.189 e. The molecule has 0 saturated carbocycles. The minimum absolute atomic E-state index is 0. The van der Waals surface area contributed by atoms with Gasteiger partial charge in [-0.05, 0) is 27.7 Å². The summed E-state index contributed by atoms with van der Waals surface area (Å²) in [5.74, 6) is 1.18. The molecule has 1 aromatic rings. The molecule has 0 saturated heterocycles. The molecule has 0 fully saturated rings. The lowest BCUT2D eigenvalue weighted by Gasteiger charge is -2.20. The lowest BCUT2D eigenvalue weighted by molar-refractivity contribution is 0.342. The molecule has 0 atom stereocenters. The lowest BCUT2D eigenvalue weighted by Crippen LogP contribution is -2.33. The number of nitrogens with two attached hydrogens (primary N) is 1. The highest BCUT2D eigenvalue weighted by Gasteiger charge is 2.17. The molecule has 0 unspecified atom stereocenters. The topological polar surface area (TPSA) is 81.1 Å². The van der Waals surface area contributed by atoms with Crippen LogP contribution in [0.15, 0.2) is 23.5 Å². The Morgan fingerprint density at radius 2 is 2.16 bits per heavy atom. The maximum absolute atomic E-state index is 5.74. The largest absolute Gasteiger partial charge is 0.370 e. The van der Waals surface area contributed by atoms with Crippen molar-refractivity contribution >= 4 is 29.9 Å². The molecular formula is C12H23IN6. The predicted molar refractivity (Wildman–Crippen MR) is 88.6 cm³/mol. The van der Waals surface area contributed by atoms with E-state index in [1.54, 1.807) is 0 Å². The van der Waals surface area contributed by atoms with E-state index in [0.29, 0.717) is 19.0 Å². The molecule has 6 nitrogen and oxygen atoms in total. The third-order valence-electron chi connectivity index (χ3n) is 2.22. The summed E-state index contributed by atoms with van der Waals surface area (Å²) < 4.78 is 1.85. The molecule has 1 rings (SSSR count). The first-order valence-electron chi connectivity index (χ1n) is 5.88. The summed E-state index contributed by atoms with van der Waals surface area (Å²) in [7, 11) is 0. The Hall–Kier alpha value is -1.12. The summed E-state index contributed by atoms with van der Waals surface area (Å²) in [6.45, 7) is 12.9. The molecule has 108 valence electrons. The molecule has 1 aromatic heterocycles. The minimum Gasteiger partial charge on any atom is -0.370 e. The summed E-state index contributed by atoms with van der Waals surface area (Å²) in [4.78, 5) is 8.43. The van der Waals surface area contributed by atoms with E-state index in [4.69, 9.17) is 5.73 Å². The van der Waals surface area contributed by atoms with Gasteiger partial charge in [0.2, 0.25) is 0 Å². The van der Waals surface area contributed by atoms with E-state index in [1.165, 1.54) is 6.33 Å². The fraction of sp³-hybridized carbons (Fsp3) is 0.583. The van der Waals surface area contributed by atoms with Gasteiger partial charge >= 0.3 is 0 Å². The second kappa shape index (κ2) is 7.46. The van der Waals surface area contributed by atoms with Crippen LogP contribution in [0.5, 0.6) is 0 Å². The summed E-state index contributed by atoms with van der Waals surface area (Å²) in [6.07, 6.45) is 1.54. The number of halogens is 1. The van der Waals surface area contributed by atoms with Crippen molar-refractivity contribution in [2.45, 2.75) is 39.8 Å². The molecule has 1 heterocycles. The molecule has 0 aliphatic carbocycles. The summed E-state index contributed by atoms with van der Waals surface area (Å²) in [6, 6.07) is 0. The molecule has 3 N–H and O–H groups in total. The molecule has 0 aliphatic rings. The van der Waals surface area contributed by atoms with Gasteiger partial charge in [0.15, 0.2) is 5.96 Å². The number of hydrogen-bond acceptors (Lipinski definition) is 3. The van der Waals surface area contributed by atoms with Crippen molar-refractivity contribution in [1.29, 1.82) is 0 Å². The van der Waals surface area contributed by atoms with Crippen LogP contribution < -0.4 is 11.1 Å². The van der Waals surface area contributed by atoms with Crippen molar-refractivity contribution in [3.05, 3.63) is 24.3 Å². The van der Waals surface area contributed by atoms with Crippen LogP contribution in [-0.4, -0.2) is 27.3 Å². The molecule has 0 amide bonds. The Bertz CT molecular complexity index is 443. The predicted octanol–water partition coefficient (Wildman–Crippen LogP) is 1.63. The Morgan fingerprint density at radius 1 is 1.53 bits per heavy atom. The Labute approximate surface area is 131 Å². The van der Waals surface area contributed by atoms with Gasteiger partial charge in [-0.1, -0.05) is 12.2 Å². The van der Waals surface area contributed by atoms with E-state index >= 15 is 0 Å². The number of nitrogens with zero attached hydrogens (tertiary/aromatic N) is 4. The van der Waals surface area contributed by atoms with Crippen LogP contribution in [0.1, 0.15) is 33.5 Å². The molecule has 0 bridgehead atoms. The van der Waals surface area contributed by atoms with Gasteiger partial charge in [-0.15, -0.1) is 24.0 Å². The van der Waals surface area contributed by atoms with Crippen molar-refractivity contribution in [1.82, 2.24) is 20.1 Å². The monoisotopic (exact) mass is 378 g/mol. The quantitative estimate of drug-likeness (QED) is 0.361. The third-order valence-corrected chi connectivity index (χ3v) is 2.22. The SMILES string of the molecule is C=C(C)CNC(N)=NCc1ncnn1C(C)(C)C.I. The van der Waals surface area contributed by atoms with Crippen LogP contribution in [0, 0.1) is 0 Å². The maximum atomic E-state index is 5.74. The van der Waals surface area contributed by atoms with Crippen LogP contribution in [0.4, 0.5) is 0 Å². The fourth-order valence-corrected chi connectivity index (χ4v) is 1.39. The number of nitrogens with one attached hydrogen (secondary N) is 1. The van der Waals surface area contributed by atoms with E-state index in [0.717, 1.165) is 11.4 Å². The first-order valence-corrected chi connectivity index (χ1v) is 5.88. The zero-order chi connectivity index (χ0) is 13.8. The van der Waals surface area contributed by atoms with E-state index < -0.39 is 0 Å². The number of hydrogen-bond donors (Lipinski definition) is 2. The van der Waals surface area contributed by atoms with Gasteiger partial charge in [0.05, 0.1) is 5.54 Å². The first kappa shape index (κ1) is 17.9. The molecule has 7 heteroatoms. The van der Waals surface area contributed by atoms with Crippen molar-refractivity contribution in [2.75, 3.05) is 6.54 Å². The van der Waals surface area contributed by atoms with Gasteiger partial charge in [0, 0.05) is 6.54 Å². The standard InChI is InChI=1S/C12H22N6.HI/c1-9(2)6-14-11(13)15-7-10-16-8-17-18(10)12(3,4)5;/h8H,1,6-7H2,2-5H3,(H3,13,14,15);1H. The Kier molecular flexibility index (Phi) is 7.02. The first-order chi connectivity index (χ1) is 8.30. The summed E-state index contributed by atoms with van der Waals surface area (Å²) in [5.41, 5.74) is 6.63. The molecule has 19 heavy (non-hydrogen) atoms. The van der Waals surface area contributed by atoms with Gasteiger partial charge in [-0.3, -0.25) is 0 Å². The van der Waals surface area contributed by atoms with Gasteiger partial charge in [-0.2, -0.15) is 5.10 Å². The lowest BCUT2D eigenvalue weighted by atomic mass is 10.1. The van der Waals surface area contributed by atoms with Crippen molar-refractivity contribution in [2.24, 2.45) is 10.7 Å². The van der Waals surface area contributed by atoms with Crippen LogP contribution in [0.3, 0.4) is 0 Å². The van der Waals surface area contributed by atoms with E-state index in [-0.39, 0.29) is 29.5 Å². The van der Waals surface area contributed by atoms with Crippen LogP contribution in [0.2, 0.25) is 0 Å². The number of aliphatic imine (C=N–C) groups is 1. The molecular weight excluding hydrogens is 355 g/mol. The van der Waals surface area contributed by atoms with E-state index in [1.807, 2.05) is 11.6 Å². The molecule has 0 aromatic carbocycles. The van der Waals surface area contributed by atoms with E-state index in [2.05, 4.69) is 47.7 Å². The molecule has 0 aliphatic heterocycles. The van der Waals surface area contributed by atoms with Crippen LogP contribution >= 0.6 is 24.0 Å². The smallest absolute Gasteiger partial charge is 0.189 e. The highest BCUT2D eigenvalue weighted by Crippen LogP contribution is 2.14. The van der Waals surface area contributed by atoms with Gasteiger partial charge in [-0.25, -0.2) is 14.7 Å².